The summed E-state index contributed by atoms with van der Waals surface area (Å²) in [7, 11) is 1.57. The lowest BCUT2D eigenvalue weighted by Gasteiger charge is -2.14. The van der Waals surface area contributed by atoms with Gasteiger partial charge in [-0.3, -0.25) is 0 Å². The Morgan fingerprint density at radius 3 is 2.78 bits per heavy atom. The second kappa shape index (κ2) is 4.61. The van der Waals surface area contributed by atoms with Gasteiger partial charge in [-0.25, -0.2) is 4.98 Å². The number of nitrogen functional groups attached to an aromatic ring is 1. The molecule has 2 heterocycles. The molecule has 2 fully saturated rings. The Bertz CT molecular complexity index is 442. The minimum atomic E-state index is -0.0285. The normalized spacial score (nSPS) is 23.1. The number of hydrogen-bond donors (Lipinski definition) is 2. The van der Waals surface area contributed by atoms with E-state index in [1.807, 2.05) is 0 Å². The van der Waals surface area contributed by atoms with Gasteiger partial charge in [-0.15, -0.1) is 0 Å². The van der Waals surface area contributed by atoms with Gasteiger partial charge in [0.25, 0.3) is 0 Å². The molecule has 1 saturated carbocycles. The van der Waals surface area contributed by atoms with Crippen LogP contribution in [0.5, 0.6) is 5.88 Å². The Balaban J connectivity index is 1.92. The third-order valence-electron chi connectivity index (χ3n) is 3.26. The highest BCUT2D eigenvalue weighted by Gasteiger charge is 2.27. The largest absolute Gasteiger partial charge is 0.479 e. The van der Waals surface area contributed by atoms with Crippen molar-refractivity contribution < 1.29 is 9.47 Å². The van der Waals surface area contributed by atoms with Gasteiger partial charge in [0.1, 0.15) is 11.8 Å². The average Bonchev–Trinajstić information content (AvgIpc) is 3.03. The molecule has 1 aliphatic carbocycles. The summed E-state index contributed by atoms with van der Waals surface area (Å²) < 4.78 is 10.8. The summed E-state index contributed by atoms with van der Waals surface area (Å²) in [6.45, 7) is 0.770. The van der Waals surface area contributed by atoms with E-state index >= 15 is 0 Å². The maximum Gasteiger partial charge on any atom is 0.242 e. The summed E-state index contributed by atoms with van der Waals surface area (Å²) in [5.41, 5.74) is 6.46. The van der Waals surface area contributed by atoms with E-state index in [1.165, 1.54) is 12.8 Å². The van der Waals surface area contributed by atoms with Crippen molar-refractivity contribution in [2.45, 2.75) is 37.8 Å². The molecule has 1 unspecified atom stereocenters. The van der Waals surface area contributed by atoms with Crippen LogP contribution < -0.4 is 15.8 Å². The molecule has 0 amide bonds. The molecule has 0 spiro atoms. The van der Waals surface area contributed by atoms with Gasteiger partial charge in [-0.2, -0.15) is 4.98 Å². The maximum absolute atomic E-state index is 5.98. The molecule has 1 saturated heterocycles. The van der Waals surface area contributed by atoms with E-state index in [2.05, 4.69) is 15.3 Å². The quantitative estimate of drug-likeness (QED) is 0.842. The van der Waals surface area contributed by atoms with E-state index in [1.54, 1.807) is 7.11 Å². The number of anilines is 2. The van der Waals surface area contributed by atoms with Gasteiger partial charge in [0.2, 0.25) is 5.88 Å². The predicted molar refractivity (Wildman–Crippen MR) is 67.6 cm³/mol. The van der Waals surface area contributed by atoms with Crippen molar-refractivity contribution in [3.8, 4) is 5.88 Å². The minimum Gasteiger partial charge on any atom is -0.479 e. The van der Waals surface area contributed by atoms with E-state index < -0.39 is 0 Å². The van der Waals surface area contributed by atoms with Gasteiger partial charge in [-0.05, 0) is 25.7 Å². The van der Waals surface area contributed by atoms with Crippen molar-refractivity contribution in [3.63, 3.8) is 0 Å². The standard InChI is InChI=1S/C12H18N4O2/c1-17-12-9(13)11(14-7-4-5-7)15-10(16-12)8-3-2-6-18-8/h7-8H,2-6,13H2,1H3,(H,14,15,16). The molecule has 3 N–H and O–H groups in total. The lowest BCUT2D eigenvalue weighted by Crippen LogP contribution is -2.13. The zero-order chi connectivity index (χ0) is 12.5. The molecule has 1 aromatic heterocycles. The van der Waals surface area contributed by atoms with Crippen molar-refractivity contribution >= 4 is 11.5 Å². The minimum absolute atomic E-state index is 0.0285. The third-order valence-corrected chi connectivity index (χ3v) is 3.26. The number of methoxy groups -OCH3 is 1. The van der Waals surface area contributed by atoms with E-state index in [-0.39, 0.29) is 6.10 Å². The van der Waals surface area contributed by atoms with Crippen molar-refractivity contribution in [1.82, 2.24) is 9.97 Å². The second-order valence-corrected chi connectivity index (χ2v) is 4.77. The molecule has 0 radical (unpaired) electrons. The van der Waals surface area contributed by atoms with Crippen LogP contribution in [0.3, 0.4) is 0 Å². The van der Waals surface area contributed by atoms with E-state index in [9.17, 15) is 0 Å². The van der Waals surface area contributed by atoms with Gasteiger partial charge in [0.15, 0.2) is 11.6 Å². The zero-order valence-corrected chi connectivity index (χ0v) is 10.5. The molecular formula is C12H18N4O2. The van der Waals surface area contributed by atoms with Crippen LogP contribution in [0.15, 0.2) is 0 Å². The molecule has 1 aromatic rings. The summed E-state index contributed by atoms with van der Waals surface area (Å²) in [6.07, 6.45) is 4.31. The van der Waals surface area contributed by atoms with Crippen molar-refractivity contribution in [1.29, 1.82) is 0 Å². The molecule has 18 heavy (non-hydrogen) atoms. The lowest BCUT2D eigenvalue weighted by molar-refractivity contribution is 0.104. The highest BCUT2D eigenvalue weighted by atomic mass is 16.5. The van der Waals surface area contributed by atoms with Crippen LogP contribution in [0.4, 0.5) is 11.5 Å². The number of hydrogen-bond acceptors (Lipinski definition) is 6. The Morgan fingerprint density at radius 2 is 2.17 bits per heavy atom. The average molecular weight is 250 g/mol. The molecule has 6 heteroatoms. The second-order valence-electron chi connectivity index (χ2n) is 4.77. The number of nitrogens with zero attached hydrogens (tertiary/aromatic N) is 2. The topological polar surface area (TPSA) is 82.3 Å². The summed E-state index contributed by atoms with van der Waals surface area (Å²) in [5, 5.41) is 3.31. The Kier molecular flexibility index (Phi) is 2.95. The van der Waals surface area contributed by atoms with Crippen LogP contribution in [0.1, 0.15) is 37.6 Å². The van der Waals surface area contributed by atoms with Crippen LogP contribution in [0.2, 0.25) is 0 Å². The van der Waals surface area contributed by atoms with E-state index in [4.69, 9.17) is 15.2 Å². The van der Waals surface area contributed by atoms with Gasteiger partial charge < -0.3 is 20.5 Å². The van der Waals surface area contributed by atoms with E-state index in [0.29, 0.717) is 29.3 Å². The van der Waals surface area contributed by atoms with Gasteiger partial charge >= 0.3 is 0 Å². The molecule has 1 aliphatic heterocycles. The molecule has 0 bridgehead atoms. The van der Waals surface area contributed by atoms with Crippen LogP contribution in [-0.2, 0) is 4.74 Å². The summed E-state index contributed by atoms with van der Waals surface area (Å²) >= 11 is 0. The van der Waals surface area contributed by atoms with Crippen LogP contribution in [-0.4, -0.2) is 29.7 Å². The first kappa shape index (κ1) is 11.5. The zero-order valence-electron chi connectivity index (χ0n) is 10.5. The fraction of sp³-hybridized carbons (Fsp3) is 0.667. The molecule has 1 atom stereocenters. The summed E-state index contributed by atoms with van der Waals surface area (Å²) in [6, 6.07) is 0.490. The summed E-state index contributed by atoms with van der Waals surface area (Å²) in [5.74, 6) is 1.77. The first-order valence-corrected chi connectivity index (χ1v) is 6.37. The Labute approximate surface area is 106 Å². The third kappa shape index (κ3) is 2.20. The van der Waals surface area contributed by atoms with Crippen LogP contribution >= 0.6 is 0 Å². The first-order chi connectivity index (χ1) is 8.78. The number of aromatic nitrogens is 2. The molecule has 0 aromatic carbocycles. The van der Waals surface area contributed by atoms with E-state index in [0.717, 1.165) is 19.4 Å². The van der Waals surface area contributed by atoms with Crippen molar-refractivity contribution in [2.75, 3.05) is 24.8 Å². The molecule has 3 rings (SSSR count). The SMILES string of the molecule is COc1nc(C2CCCO2)nc(NC2CC2)c1N. The smallest absolute Gasteiger partial charge is 0.242 e. The van der Waals surface area contributed by atoms with Gasteiger partial charge in [-0.1, -0.05) is 0 Å². The molecule has 6 nitrogen and oxygen atoms in total. The highest BCUT2D eigenvalue weighted by molar-refractivity contribution is 5.67. The van der Waals surface area contributed by atoms with Crippen molar-refractivity contribution in [3.05, 3.63) is 5.82 Å². The molecule has 98 valence electrons. The summed E-state index contributed by atoms with van der Waals surface area (Å²) in [4.78, 5) is 8.83. The molecular weight excluding hydrogens is 232 g/mol. The van der Waals surface area contributed by atoms with Gasteiger partial charge in [0, 0.05) is 12.6 Å². The fourth-order valence-corrected chi connectivity index (χ4v) is 2.08. The number of ether oxygens (including phenoxy) is 2. The lowest BCUT2D eigenvalue weighted by atomic mass is 10.2. The Morgan fingerprint density at radius 1 is 1.33 bits per heavy atom. The van der Waals surface area contributed by atoms with Crippen LogP contribution in [0, 0.1) is 0 Å². The fourth-order valence-electron chi connectivity index (χ4n) is 2.08. The maximum atomic E-state index is 5.98. The Hall–Kier alpha value is -1.56. The predicted octanol–water partition coefficient (Wildman–Crippen LogP) is 1.49. The number of nitrogens with one attached hydrogen (secondary N) is 1. The van der Waals surface area contributed by atoms with Gasteiger partial charge in [0.05, 0.1) is 7.11 Å². The van der Waals surface area contributed by atoms with Crippen LogP contribution in [0.25, 0.3) is 0 Å². The van der Waals surface area contributed by atoms with Crippen molar-refractivity contribution in [2.24, 2.45) is 0 Å². The first-order valence-electron chi connectivity index (χ1n) is 6.37. The monoisotopic (exact) mass is 250 g/mol. The number of rotatable bonds is 4. The molecule has 2 aliphatic rings. The highest BCUT2D eigenvalue weighted by Crippen LogP contribution is 2.34. The number of nitrogens with two attached hydrogens (primary N) is 1.